The molecule has 0 aliphatic heterocycles. The van der Waals surface area contributed by atoms with Gasteiger partial charge in [0.15, 0.2) is 0 Å². The van der Waals surface area contributed by atoms with E-state index in [-0.39, 0.29) is 12.5 Å². The molecule has 0 heterocycles. The molecule has 130 valence electrons. The Morgan fingerprint density at radius 1 is 0.909 bits per heavy atom. The van der Waals surface area contributed by atoms with E-state index in [1.807, 2.05) is 0 Å². The molecule has 0 radical (unpaired) electrons. The largest absolute Gasteiger partial charge is 0.481 e. The molecular weight excluding hydrogens is 280 g/mol. The Morgan fingerprint density at radius 3 is 2.18 bits per heavy atom. The first kappa shape index (κ1) is 21.1. The highest BCUT2D eigenvalue weighted by Crippen LogP contribution is 2.10. The second-order valence-electron chi connectivity index (χ2n) is 6.10. The third-order valence-electron chi connectivity index (χ3n) is 3.78. The van der Waals surface area contributed by atoms with Crippen LogP contribution in [-0.4, -0.2) is 33.5 Å². The monoisotopic (exact) mass is 314 g/mol. The van der Waals surface area contributed by atoms with Crippen LogP contribution in [0.15, 0.2) is 12.2 Å². The van der Waals surface area contributed by atoms with Crippen molar-refractivity contribution in [3.8, 4) is 0 Å². The Kier molecular flexibility index (Phi) is 14.4. The van der Waals surface area contributed by atoms with Gasteiger partial charge in [0, 0.05) is 0 Å². The van der Waals surface area contributed by atoms with Gasteiger partial charge in [-0.05, 0) is 32.1 Å². The van der Waals surface area contributed by atoms with Crippen molar-refractivity contribution < 1.29 is 20.1 Å². The minimum atomic E-state index is -0.941. The highest BCUT2D eigenvalue weighted by molar-refractivity contribution is 5.67. The van der Waals surface area contributed by atoms with E-state index >= 15 is 0 Å². The maximum absolute atomic E-state index is 10.4. The molecule has 2 atom stereocenters. The van der Waals surface area contributed by atoms with Gasteiger partial charge >= 0.3 is 5.97 Å². The third-order valence-corrected chi connectivity index (χ3v) is 3.78. The van der Waals surface area contributed by atoms with Gasteiger partial charge in [0.05, 0.1) is 18.6 Å². The van der Waals surface area contributed by atoms with Crippen LogP contribution in [0.3, 0.4) is 0 Å². The Bertz CT molecular complexity index is 289. The normalized spacial score (nSPS) is 14.3. The van der Waals surface area contributed by atoms with Crippen LogP contribution in [0.25, 0.3) is 0 Å². The van der Waals surface area contributed by atoms with E-state index in [9.17, 15) is 15.0 Å². The average Bonchev–Trinajstić information content (AvgIpc) is 2.45. The molecule has 0 spiro atoms. The molecule has 0 fully saturated rings. The Morgan fingerprint density at radius 2 is 1.55 bits per heavy atom. The number of aliphatic hydroxyl groups is 2. The zero-order valence-electron chi connectivity index (χ0n) is 14.0. The smallest absolute Gasteiger partial charge is 0.305 e. The van der Waals surface area contributed by atoms with Crippen molar-refractivity contribution in [3.05, 3.63) is 12.2 Å². The van der Waals surface area contributed by atoms with E-state index in [1.165, 1.54) is 19.3 Å². The van der Waals surface area contributed by atoms with Crippen molar-refractivity contribution in [2.45, 2.75) is 96.2 Å². The van der Waals surface area contributed by atoms with Crippen LogP contribution < -0.4 is 0 Å². The van der Waals surface area contributed by atoms with E-state index in [2.05, 4.69) is 19.1 Å². The summed E-state index contributed by atoms with van der Waals surface area (Å²) in [6.45, 7) is 2.19. The van der Waals surface area contributed by atoms with Gasteiger partial charge in [0.25, 0.3) is 0 Å². The van der Waals surface area contributed by atoms with Crippen LogP contribution in [0, 0.1) is 0 Å². The molecule has 0 rings (SSSR count). The average molecular weight is 314 g/mol. The predicted molar refractivity (Wildman–Crippen MR) is 89.9 cm³/mol. The second-order valence-corrected chi connectivity index (χ2v) is 6.10. The van der Waals surface area contributed by atoms with Crippen LogP contribution >= 0.6 is 0 Å². The lowest BCUT2D eigenvalue weighted by Crippen LogP contribution is -2.12. The minimum Gasteiger partial charge on any atom is -0.481 e. The number of aliphatic carboxylic acids is 1. The SMILES string of the molecule is CCCCCC[C@@H](O)CC=CCCCCCC(O)CC(=O)O. The molecular formula is C18H34O4. The Labute approximate surface area is 135 Å². The first-order chi connectivity index (χ1) is 10.6. The number of carboxylic acid groups (broad SMARTS) is 1. The molecule has 22 heavy (non-hydrogen) atoms. The highest BCUT2D eigenvalue weighted by atomic mass is 16.4. The van der Waals surface area contributed by atoms with Crippen LogP contribution in [0.2, 0.25) is 0 Å². The van der Waals surface area contributed by atoms with Crippen LogP contribution in [0.1, 0.15) is 84.0 Å². The van der Waals surface area contributed by atoms with Crippen molar-refractivity contribution in [1.82, 2.24) is 0 Å². The maximum Gasteiger partial charge on any atom is 0.305 e. The van der Waals surface area contributed by atoms with Gasteiger partial charge < -0.3 is 15.3 Å². The maximum atomic E-state index is 10.4. The summed E-state index contributed by atoms with van der Waals surface area (Å²) in [5.41, 5.74) is 0. The van der Waals surface area contributed by atoms with Crippen molar-refractivity contribution in [1.29, 1.82) is 0 Å². The molecule has 4 nitrogen and oxygen atoms in total. The van der Waals surface area contributed by atoms with E-state index in [0.29, 0.717) is 6.42 Å². The lowest BCUT2D eigenvalue weighted by atomic mass is 10.1. The van der Waals surface area contributed by atoms with Crippen molar-refractivity contribution in [2.75, 3.05) is 0 Å². The molecule has 1 unspecified atom stereocenters. The van der Waals surface area contributed by atoms with Gasteiger partial charge in [0.1, 0.15) is 0 Å². The summed E-state index contributed by atoms with van der Waals surface area (Å²) in [4.78, 5) is 10.4. The highest BCUT2D eigenvalue weighted by Gasteiger charge is 2.08. The lowest BCUT2D eigenvalue weighted by molar-refractivity contribution is -0.139. The molecule has 0 saturated heterocycles. The summed E-state index contributed by atoms with van der Waals surface area (Å²) in [6.07, 6.45) is 14.0. The number of carboxylic acids is 1. The van der Waals surface area contributed by atoms with E-state index in [1.54, 1.807) is 0 Å². The second kappa shape index (κ2) is 15.0. The van der Waals surface area contributed by atoms with Gasteiger partial charge in [-0.3, -0.25) is 4.79 Å². The predicted octanol–water partition coefficient (Wildman–Crippen LogP) is 4.05. The van der Waals surface area contributed by atoms with Gasteiger partial charge in [-0.1, -0.05) is 57.6 Å². The van der Waals surface area contributed by atoms with Crippen LogP contribution in [0.4, 0.5) is 0 Å². The number of hydrogen-bond donors (Lipinski definition) is 3. The minimum absolute atomic E-state index is 0.157. The quantitative estimate of drug-likeness (QED) is 0.315. The summed E-state index contributed by atoms with van der Waals surface area (Å²) in [7, 11) is 0. The zero-order chi connectivity index (χ0) is 16.6. The van der Waals surface area contributed by atoms with Gasteiger partial charge in [-0.15, -0.1) is 0 Å². The number of rotatable bonds is 15. The summed E-state index contributed by atoms with van der Waals surface area (Å²) < 4.78 is 0. The number of carbonyl (C=O) groups is 1. The van der Waals surface area contributed by atoms with E-state index < -0.39 is 12.1 Å². The number of unbranched alkanes of at least 4 members (excludes halogenated alkanes) is 6. The van der Waals surface area contributed by atoms with Crippen molar-refractivity contribution in [3.63, 3.8) is 0 Å². The molecule has 0 amide bonds. The topological polar surface area (TPSA) is 77.8 Å². The standard InChI is InChI=1S/C18H34O4/c1-2-3-4-9-12-16(19)13-10-7-5-6-8-11-14-17(20)15-18(21)22/h7,10,16-17,19-20H,2-6,8-9,11-15H2,1H3,(H,21,22)/t16-,17?/m1/s1. The van der Waals surface area contributed by atoms with Crippen molar-refractivity contribution >= 4 is 5.97 Å². The number of hydrogen-bond acceptors (Lipinski definition) is 3. The van der Waals surface area contributed by atoms with Crippen molar-refractivity contribution in [2.24, 2.45) is 0 Å². The zero-order valence-corrected chi connectivity index (χ0v) is 14.0. The summed E-state index contributed by atoms with van der Waals surface area (Å²) in [6, 6.07) is 0. The van der Waals surface area contributed by atoms with Gasteiger partial charge in [-0.2, -0.15) is 0 Å². The number of aliphatic hydroxyl groups excluding tert-OH is 2. The molecule has 0 aromatic heterocycles. The fraction of sp³-hybridized carbons (Fsp3) is 0.833. The molecule has 0 aromatic rings. The van der Waals surface area contributed by atoms with Crippen LogP contribution in [0.5, 0.6) is 0 Å². The fourth-order valence-corrected chi connectivity index (χ4v) is 2.42. The lowest BCUT2D eigenvalue weighted by Gasteiger charge is -2.07. The Hall–Kier alpha value is -0.870. The number of allylic oxidation sites excluding steroid dienone is 1. The third kappa shape index (κ3) is 15.5. The molecule has 0 aliphatic carbocycles. The molecule has 0 aliphatic rings. The van der Waals surface area contributed by atoms with Gasteiger partial charge in [-0.25, -0.2) is 0 Å². The molecule has 3 N–H and O–H groups in total. The molecule has 0 saturated carbocycles. The molecule has 0 bridgehead atoms. The van der Waals surface area contributed by atoms with E-state index in [0.717, 1.165) is 44.9 Å². The first-order valence-electron chi connectivity index (χ1n) is 8.79. The molecule has 0 aromatic carbocycles. The van der Waals surface area contributed by atoms with Crippen LogP contribution in [-0.2, 0) is 4.79 Å². The fourth-order valence-electron chi connectivity index (χ4n) is 2.42. The first-order valence-corrected chi connectivity index (χ1v) is 8.79. The van der Waals surface area contributed by atoms with E-state index in [4.69, 9.17) is 5.11 Å². The van der Waals surface area contributed by atoms with Gasteiger partial charge in [0.2, 0.25) is 0 Å². The summed E-state index contributed by atoms with van der Waals surface area (Å²) >= 11 is 0. The molecule has 4 heteroatoms. The Balaban J connectivity index is 3.38. The summed E-state index contributed by atoms with van der Waals surface area (Å²) in [5, 5.41) is 27.7. The summed E-state index contributed by atoms with van der Waals surface area (Å²) in [5.74, 6) is -0.941.